The molecule has 3 rings (SSSR count). The molecule has 0 N–H and O–H groups in total. The topological polar surface area (TPSA) is 47.4 Å². The lowest BCUT2D eigenvalue weighted by Gasteiger charge is -2.17. The Bertz CT molecular complexity index is 640. The number of anilines is 1. The summed E-state index contributed by atoms with van der Waals surface area (Å²) in [5.74, 6) is 0.195. The van der Waals surface area contributed by atoms with Gasteiger partial charge in [0, 0.05) is 32.0 Å². The second-order valence-corrected chi connectivity index (χ2v) is 5.38. The highest BCUT2D eigenvalue weighted by atomic mass is 16.5. The van der Waals surface area contributed by atoms with E-state index in [4.69, 9.17) is 4.74 Å². The first-order chi connectivity index (χ1) is 10.1. The monoisotopic (exact) mass is 285 g/mol. The largest absolute Gasteiger partial charge is 0.423 e. The van der Waals surface area contributed by atoms with Gasteiger partial charge in [-0.15, -0.1) is 0 Å². The average molecular weight is 285 g/mol. The molecule has 5 nitrogen and oxygen atoms in total. The van der Waals surface area contributed by atoms with Crippen LogP contribution in [0.1, 0.15) is 28.9 Å². The zero-order chi connectivity index (χ0) is 14.8. The fraction of sp³-hybridized carbons (Fsp3) is 0.375. The number of rotatable bonds is 3. The lowest BCUT2D eigenvalue weighted by molar-refractivity contribution is 0.0734. The van der Waals surface area contributed by atoms with Crippen LogP contribution in [0, 0.1) is 6.92 Å². The lowest BCUT2D eigenvalue weighted by atomic mass is 10.2. The SMILES string of the molecule is Cc1nn(C)cc1C(=O)Oc1ccc(N2CCCC2)cc1. The second kappa shape index (κ2) is 5.60. The highest BCUT2D eigenvalue weighted by Gasteiger charge is 2.16. The van der Waals surface area contributed by atoms with Crippen LogP contribution in [0.5, 0.6) is 5.75 Å². The predicted molar refractivity (Wildman–Crippen MR) is 80.8 cm³/mol. The highest BCUT2D eigenvalue weighted by Crippen LogP contribution is 2.23. The molecule has 1 saturated heterocycles. The van der Waals surface area contributed by atoms with E-state index >= 15 is 0 Å². The Morgan fingerprint density at radius 2 is 1.86 bits per heavy atom. The summed E-state index contributed by atoms with van der Waals surface area (Å²) in [6, 6.07) is 7.70. The fourth-order valence-corrected chi connectivity index (χ4v) is 2.66. The van der Waals surface area contributed by atoms with E-state index in [1.54, 1.807) is 24.9 Å². The van der Waals surface area contributed by atoms with Gasteiger partial charge in [0.2, 0.25) is 0 Å². The third-order valence-corrected chi connectivity index (χ3v) is 3.75. The van der Waals surface area contributed by atoms with Crippen molar-refractivity contribution < 1.29 is 9.53 Å². The number of aryl methyl sites for hydroxylation is 2. The van der Waals surface area contributed by atoms with Crippen LogP contribution >= 0.6 is 0 Å². The number of benzene rings is 1. The number of carbonyl (C=O) groups is 1. The van der Waals surface area contributed by atoms with Crippen LogP contribution in [0.3, 0.4) is 0 Å². The van der Waals surface area contributed by atoms with E-state index in [0.29, 0.717) is 17.0 Å². The Hall–Kier alpha value is -2.30. The van der Waals surface area contributed by atoms with E-state index in [2.05, 4.69) is 10.00 Å². The maximum absolute atomic E-state index is 12.1. The first kappa shape index (κ1) is 13.7. The molecule has 0 unspecified atom stereocenters. The molecule has 1 aliphatic rings. The summed E-state index contributed by atoms with van der Waals surface area (Å²) in [5, 5.41) is 4.15. The van der Waals surface area contributed by atoms with Gasteiger partial charge in [0.1, 0.15) is 11.3 Å². The van der Waals surface area contributed by atoms with Gasteiger partial charge in [0.15, 0.2) is 0 Å². The molecule has 2 aromatic rings. The van der Waals surface area contributed by atoms with Gasteiger partial charge in [-0.05, 0) is 44.0 Å². The molecule has 0 amide bonds. The zero-order valence-corrected chi connectivity index (χ0v) is 12.4. The molecule has 1 aromatic carbocycles. The van der Waals surface area contributed by atoms with Crippen molar-refractivity contribution in [3.63, 3.8) is 0 Å². The number of nitrogens with zero attached hydrogens (tertiary/aromatic N) is 3. The average Bonchev–Trinajstić information content (AvgIpc) is 3.09. The normalized spacial score (nSPS) is 14.5. The Labute approximate surface area is 124 Å². The smallest absolute Gasteiger partial charge is 0.347 e. The first-order valence-electron chi connectivity index (χ1n) is 7.21. The van der Waals surface area contributed by atoms with Crippen LogP contribution in [0.25, 0.3) is 0 Å². The highest BCUT2D eigenvalue weighted by molar-refractivity contribution is 5.91. The van der Waals surface area contributed by atoms with Gasteiger partial charge >= 0.3 is 5.97 Å². The number of hydrogen-bond donors (Lipinski definition) is 0. The number of ether oxygens (including phenoxy) is 1. The predicted octanol–water partition coefficient (Wildman–Crippen LogP) is 2.55. The zero-order valence-electron chi connectivity index (χ0n) is 12.4. The standard InChI is InChI=1S/C16H19N3O2/c1-12-15(11-18(2)17-12)16(20)21-14-7-5-13(6-8-14)19-9-3-4-10-19/h5-8,11H,3-4,9-10H2,1-2H3. The molecule has 0 aliphatic carbocycles. The summed E-state index contributed by atoms with van der Waals surface area (Å²) in [4.78, 5) is 14.4. The Morgan fingerprint density at radius 1 is 1.19 bits per heavy atom. The molecule has 5 heteroatoms. The van der Waals surface area contributed by atoms with Crippen LogP contribution in [0.2, 0.25) is 0 Å². The molecule has 0 saturated carbocycles. The van der Waals surface area contributed by atoms with E-state index in [0.717, 1.165) is 13.1 Å². The maximum atomic E-state index is 12.1. The van der Waals surface area contributed by atoms with Gasteiger partial charge in [-0.3, -0.25) is 4.68 Å². The Kier molecular flexibility index (Phi) is 3.64. The van der Waals surface area contributed by atoms with Crippen molar-refractivity contribution in [1.29, 1.82) is 0 Å². The summed E-state index contributed by atoms with van der Waals surface area (Å²) in [5.41, 5.74) is 2.36. The minimum absolute atomic E-state index is 0.366. The minimum atomic E-state index is -0.366. The number of carbonyl (C=O) groups excluding carboxylic acids is 1. The molecular weight excluding hydrogens is 266 g/mol. The summed E-state index contributed by atoms with van der Waals surface area (Å²) < 4.78 is 7.01. The van der Waals surface area contributed by atoms with E-state index < -0.39 is 0 Å². The third kappa shape index (κ3) is 2.91. The van der Waals surface area contributed by atoms with Crippen molar-refractivity contribution in [1.82, 2.24) is 9.78 Å². The van der Waals surface area contributed by atoms with Gasteiger partial charge in [0.05, 0.1) is 5.69 Å². The van der Waals surface area contributed by atoms with Crippen molar-refractivity contribution >= 4 is 11.7 Å². The molecule has 2 heterocycles. The van der Waals surface area contributed by atoms with Crippen LogP contribution in [-0.2, 0) is 7.05 Å². The van der Waals surface area contributed by atoms with Crippen LogP contribution < -0.4 is 9.64 Å². The third-order valence-electron chi connectivity index (χ3n) is 3.75. The molecule has 1 fully saturated rings. The minimum Gasteiger partial charge on any atom is -0.423 e. The van der Waals surface area contributed by atoms with E-state index in [9.17, 15) is 4.79 Å². The fourth-order valence-electron chi connectivity index (χ4n) is 2.66. The van der Waals surface area contributed by atoms with Crippen LogP contribution in [0.4, 0.5) is 5.69 Å². The first-order valence-corrected chi connectivity index (χ1v) is 7.21. The van der Waals surface area contributed by atoms with Crippen LogP contribution in [0.15, 0.2) is 30.5 Å². The lowest BCUT2D eigenvalue weighted by Crippen LogP contribution is -2.17. The van der Waals surface area contributed by atoms with Gasteiger partial charge in [-0.25, -0.2) is 4.79 Å². The molecule has 110 valence electrons. The second-order valence-electron chi connectivity index (χ2n) is 5.38. The summed E-state index contributed by atoms with van der Waals surface area (Å²) in [6.07, 6.45) is 4.17. The van der Waals surface area contributed by atoms with Gasteiger partial charge < -0.3 is 9.64 Å². The molecular formula is C16H19N3O2. The molecule has 0 bridgehead atoms. The van der Waals surface area contributed by atoms with Crippen molar-refractivity contribution in [2.24, 2.45) is 7.05 Å². The van der Waals surface area contributed by atoms with E-state index in [1.165, 1.54) is 18.5 Å². The number of hydrogen-bond acceptors (Lipinski definition) is 4. The van der Waals surface area contributed by atoms with Crippen molar-refractivity contribution in [2.45, 2.75) is 19.8 Å². The van der Waals surface area contributed by atoms with Gasteiger partial charge in [-0.1, -0.05) is 0 Å². The summed E-state index contributed by atoms with van der Waals surface area (Å²) in [6.45, 7) is 4.01. The van der Waals surface area contributed by atoms with Crippen LogP contribution in [-0.4, -0.2) is 28.8 Å². The molecule has 0 spiro atoms. The maximum Gasteiger partial charge on any atom is 0.347 e. The quantitative estimate of drug-likeness (QED) is 0.642. The summed E-state index contributed by atoms with van der Waals surface area (Å²) in [7, 11) is 1.79. The van der Waals surface area contributed by atoms with E-state index in [1.807, 2.05) is 24.3 Å². The number of aromatic nitrogens is 2. The molecule has 1 aromatic heterocycles. The molecule has 0 radical (unpaired) electrons. The Balaban J connectivity index is 1.70. The molecule has 21 heavy (non-hydrogen) atoms. The van der Waals surface area contributed by atoms with Crippen molar-refractivity contribution in [2.75, 3.05) is 18.0 Å². The summed E-state index contributed by atoms with van der Waals surface area (Å²) >= 11 is 0. The van der Waals surface area contributed by atoms with Crippen molar-refractivity contribution in [3.8, 4) is 5.75 Å². The molecule has 0 atom stereocenters. The Morgan fingerprint density at radius 3 is 2.43 bits per heavy atom. The van der Waals surface area contributed by atoms with Crippen molar-refractivity contribution in [3.05, 3.63) is 41.7 Å². The number of esters is 1. The molecule has 1 aliphatic heterocycles. The van der Waals surface area contributed by atoms with Gasteiger partial charge in [-0.2, -0.15) is 5.10 Å². The van der Waals surface area contributed by atoms with Gasteiger partial charge in [0.25, 0.3) is 0 Å². The van der Waals surface area contributed by atoms with E-state index in [-0.39, 0.29) is 5.97 Å².